The van der Waals surface area contributed by atoms with Crippen LogP contribution in [0.15, 0.2) is 24.3 Å². The van der Waals surface area contributed by atoms with Crippen LogP contribution in [0.1, 0.15) is 26.2 Å². The first-order valence-corrected chi connectivity index (χ1v) is 10.0. The van der Waals surface area contributed by atoms with Crippen molar-refractivity contribution >= 4 is 29.4 Å². The Morgan fingerprint density at radius 1 is 1.07 bits per heavy atom. The third-order valence-electron chi connectivity index (χ3n) is 6.12. The van der Waals surface area contributed by atoms with E-state index < -0.39 is 25.0 Å². The number of ether oxygens (including phenoxy) is 2. The lowest BCUT2D eigenvalue weighted by Gasteiger charge is -2.19. The second-order valence-electron chi connectivity index (χ2n) is 7.81. The molecule has 2 saturated carbocycles. The molecule has 1 saturated heterocycles. The van der Waals surface area contributed by atoms with E-state index in [9.17, 15) is 19.2 Å². The highest BCUT2D eigenvalue weighted by Gasteiger charge is 2.61. The molecule has 1 heterocycles. The van der Waals surface area contributed by atoms with Gasteiger partial charge >= 0.3 is 5.97 Å². The van der Waals surface area contributed by atoms with Gasteiger partial charge in [0.1, 0.15) is 12.3 Å². The molecule has 1 N–H and O–H groups in total. The number of carbonyl (C=O) groups excluding carboxylic acids is 4. The van der Waals surface area contributed by atoms with Crippen LogP contribution < -0.4 is 10.1 Å². The molecule has 29 heavy (non-hydrogen) atoms. The number of likely N-dealkylation sites (tertiary alicyclic amines) is 1. The van der Waals surface area contributed by atoms with Crippen LogP contribution in [0.3, 0.4) is 0 Å². The highest BCUT2D eigenvalue weighted by atomic mass is 16.5. The topological polar surface area (TPSA) is 102 Å². The van der Waals surface area contributed by atoms with Crippen molar-refractivity contribution in [3.05, 3.63) is 24.3 Å². The van der Waals surface area contributed by atoms with Crippen molar-refractivity contribution in [1.82, 2.24) is 4.90 Å². The van der Waals surface area contributed by atoms with Crippen molar-refractivity contribution in [1.29, 1.82) is 0 Å². The molecule has 0 radical (unpaired) electrons. The number of carbonyl (C=O) groups is 4. The van der Waals surface area contributed by atoms with Gasteiger partial charge in [0.15, 0.2) is 6.61 Å². The zero-order valence-corrected chi connectivity index (χ0v) is 16.3. The highest BCUT2D eigenvalue weighted by molar-refractivity contribution is 6.07. The Labute approximate surface area is 168 Å². The monoisotopic (exact) mass is 400 g/mol. The van der Waals surface area contributed by atoms with E-state index in [0.29, 0.717) is 18.0 Å². The Kier molecular flexibility index (Phi) is 5.25. The maximum absolute atomic E-state index is 12.6. The van der Waals surface area contributed by atoms with Gasteiger partial charge in [-0.1, -0.05) is 0 Å². The molecule has 8 heteroatoms. The molecule has 3 fully saturated rings. The van der Waals surface area contributed by atoms with E-state index in [2.05, 4.69) is 5.32 Å². The van der Waals surface area contributed by atoms with Crippen molar-refractivity contribution in [2.24, 2.45) is 23.7 Å². The molecule has 8 nitrogen and oxygen atoms in total. The summed E-state index contributed by atoms with van der Waals surface area (Å²) in [6, 6.07) is 6.80. The van der Waals surface area contributed by atoms with E-state index in [-0.39, 0.29) is 35.5 Å². The smallest absolute Gasteiger partial charge is 0.326 e. The van der Waals surface area contributed by atoms with Crippen LogP contribution in [-0.2, 0) is 23.9 Å². The SMILES string of the molecule is CCOc1ccc(NC(=O)COC(=O)CN2C(=O)[C@@H]3[C@H]4CC[C@@H](C4)[C@@H]3C2=O)cc1. The zero-order chi connectivity index (χ0) is 20.5. The number of amides is 3. The summed E-state index contributed by atoms with van der Waals surface area (Å²) >= 11 is 0. The Hall–Kier alpha value is -2.90. The number of esters is 1. The van der Waals surface area contributed by atoms with Crippen LogP contribution in [0.25, 0.3) is 0 Å². The van der Waals surface area contributed by atoms with E-state index in [1.54, 1.807) is 24.3 Å². The fourth-order valence-corrected chi connectivity index (χ4v) is 4.95. The van der Waals surface area contributed by atoms with Crippen LogP contribution in [0, 0.1) is 23.7 Å². The van der Waals surface area contributed by atoms with E-state index in [0.717, 1.165) is 24.2 Å². The van der Waals surface area contributed by atoms with Gasteiger partial charge in [0, 0.05) is 5.69 Å². The average Bonchev–Trinajstić information content (AvgIpc) is 3.38. The molecular formula is C21H24N2O6. The van der Waals surface area contributed by atoms with Gasteiger partial charge in [0.2, 0.25) is 11.8 Å². The van der Waals surface area contributed by atoms with Gasteiger partial charge in [-0.3, -0.25) is 24.1 Å². The van der Waals surface area contributed by atoms with Crippen molar-refractivity contribution in [2.45, 2.75) is 26.2 Å². The third kappa shape index (κ3) is 3.71. The number of rotatable bonds is 7. The largest absolute Gasteiger partial charge is 0.494 e. The van der Waals surface area contributed by atoms with Crippen molar-refractivity contribution in [3.63, 3.8) is 0 Å². The summed E-state index contributed by atoms with van der Waals surface area (Å²) in [6.45, 7) is 1.51. The normalized spacial score (nSPS) is 27.1. The molecule has 1 aromatic rings. The Bertz CT molecular complexity index is 808. The predicted octanol–water partition coefficient (Wildman–Crippen LogP) is 1.60. The molecule has 2 bridgehead atoms. The van der Waals surface area contributed by atoms with Crippen LogP contribution in [0.5, 0.6) is 5.75 Å². The Balaban J connectivity index is 1.25. The molecule has 2 aliphatic carbocycles. The minimum atomic E-state index is -0.763. The lowest BCUT2D eigenvalue weighted by Crippen LogP contribution is -2.38. The summed E-state index contributed by atoms with van der Waals surface area (Å²) in [5.41, 5.74) is 0.544. The molecule has 4 rings (SSSR count). The Morgan fingerprint density at radius 2 is 1.69 bits per heavy atom. The second-order valence-corrected chi connectivity index (χ2v) is 7.81. The van der Waals surface area contributed by atoms with E-state index >= 15 is 0 Å². The first-order chi connectivity index (χ1) is 14.0. The number of nitrogens with zero attached hydrogens (tertiary/aromatic N) is 1. The molecule has 0 unspecified atom stereocenters. The summed E-state index contributed by atoms with van der Waals surface area (Å²) in [6.07, 6.45) is 2.90. The van der Waals surface area contributed by atoms with Gasteiger partial charge in [0.05, 0.1) is 18.4 Å². The number of nitrogens with one attached hydrogen (secondary N) is 1. The van der Waals surface area contributed by atoms with Crippen LogP contribution in [0.4, 0.5) is 5.69 Å². The summed E-state index contributed by atoms with van der Waals surface area (Å²) < 4.78 is 10.3. The number of imide groups is 1. The van der Waals surface area contributed by atoms with Crippen LogP contribution >= 0.6 is 0 Å². The maximum Gasteiger partial charge on any atom is 0.326 e. The lowest BCUT2D eigenvalue weighted by molar-refractivity contribution is -0.154. The number of hydrogen-bond acceptors (Lipinski definition) is 6. The standard InChI is InChI=1S/C21H24N2O6/c1-2-28-15-7-5-14(6-8-15)22-16(24)11-29-17(25)10-23-20(26)18-12-3-4-13(9-12)19(18)21(23)27/h5-8,12-13,18-19H,2-4,9-11H2,1H3,(H,22,24)/t12-,13-,18-,19+/m0/s1. The number of anilines is 1. The van der Waals surface area contributed by atoms with Gasteiger partial charge in [0.25, 0.3) is 5.91 Å². The van der Waals surface area contributed by atoms with Gasteiger partial charge in [-0.2, -0.15) is 0 Å². The summed E-state index contributed by atoms with van der Waals surface area (Å²) in [7, 11) is 0. The molecule has 1 aromatic carbocycles. The minimum Gasteiger partial charge on any atom is -0.494 e. The van der Waals surface area contributed by atoms with E-state index in [1.165, 1.54) is 0 Å². The quantitative estimate of drug-likeness (QED) is 0.551. The average molecular weight is 400 g/mol. The predicted molar refractivity (Wildman–Crippen MR) is 102 cm³/mol. The first kappa shape index (κ1) is 19.4. The van der Waals surface area contributed by atoms with Gasteiger partial charge in [-0.15, -0.1) is 0 Å². The maximum atomic E-state index is 12.6. The number of benzene rings is 1. The molecule has 3 aliphatic rings. The molecule has 154 valence electrons. The van der Waals surface area contributed by atoms with E-state index in [1.807, 2.05) is 6.92 Å². The highest BCUT2D eigenvalue weighted by Crippen LogP contribution is 2.56. The van der Waals surface area contributed by atoms with Gasteiger partial charge in [-0.05, 0) is 62.3 Å². The molecular weight excluding hydrogens is 376 g/mol. The summed E-state index contributed by atoms with van der Waals surface area (Å²) in [5, 5.41) is 2.61. The van der Waals surface area contributed by atoms with Crippen LogP contribution in [0.2, 0.25) is 0 Å². The van der Waals surface area contributed by atoms with Crippen molar-refractivity contribution < 1.29 is 28.7 Å². The Morgan fingerprint density at radius 3 is 2.28 bits per heavy atom. The summed E-state index contributed by atoms with van der Waals surface area (Å²) in [4.78, 5) is 50.3. The number of hydrogen-bond donors (Lipinski definition) is 1. The van der Waals surface area contributed by atoms with Gasteiger partial charge in [-0.25, -0.2) is 0 Å². The third-order valence-corrected chi connectivity index (χ3v) is 6.12. The van der Waals surface area contributed by atoms with Crippen molar-refractivity contribution in [3.8, 4) is 5.75 Å². The first-order valence-electron chi connectivity index (χ1n) is 10.0. The summed E-state index contributed by atoms with van der Waals surface area (Å²) in [5.74, 6) is -1.10. The fourth-order valence-electron chi connectivity index (χ4n) is 4.95. The molecule has 4 atom stereocenters. The minimum absolute atomic E-state index is 0.261. The molecule has 0 spiro atoms. The molecule has 0 aromatic heterocycles. The molecule has 3 amide bonds. The molecule has 1 aliphatic heterocycles. The van der Waals surface area contributed by atoms with Crippen molar-refractivity contribution in [2.75, 3.05) is 25.1 Å². The van der Waals surface area contributed by atoms with Gasteiger partial charge < -0.3 is 14.8 Å². The zero-order valence-electron chi connectivity index (χ0n) is 16.3. The fraction of sp³-hybridized carbons (Fsp3) is 0.524. The number of fused-ring (bicyclic) bond motifs is 5. The van der Waals surface area contributed by atoms with E-state index in [4.69, 9.17) is 9.47 Å². The van der Waals surface area contributed by atoms with Crippen LogP contribution in [-0.4, -0.2) is 48.3 Å². The second kappa shape index (κ2) is 7.85. The lowest BCUT2D eigenvalue weighted by atomic mass is 9.81.